The monoisotopic (exact) mass is 487 g/mol. The number of benzene rings is 1. The summed E-state index contributed by atoms with van der Waals surface area (Å²) in [5.41, 5.74) is 3.81. The molecule has 0 unspecified atom stereocenters. The van der Waals surface area contributed by atoms with Crippen LogP contribution in [0.15, 0.2) is 30.3 Å². The zero-order chi connectivity index (χ0) is 24.5. The maximum absolute atomic E-state index is 12.8. The average molecular weight is 488 g/mol. The summed E-state index contributed by atoms with van der Waals surface area (Å²) < 4.78 is 6.90. The van der Waals surface area contributed by atoms with Crippen LogP contribution in [-0.2, 0) is 20.9 Å². The number of amides is 2. The van der Waals surface area contributed by atoms with Gasteiger partial charge in [-0.15, -0.1) is 0 Å². The third-order valence-corrected chi connectivity index (χ3v) is 6.38. The number of methoxy groups -OCH3 is 1. The van der Waals surface area contributed by atoms with Gasteiger partial charge in [-0.3, -0.25) is 19.2 Å². The van der Waals surface area contributed by atoms with E-state index in [0.717, 1.165) is 28.9 Å². The van der Waals surface area contributed by atoms with Gasteiger partial charge in [0.2, 0.25) is 11.8 Å². The number of aromatic nitrogens is 2. The van der Waals surface area contributed by atoms with Gasteiger partial charge in [-0.1, -0.05) is 29.8 Å². The number of hydrogen-bond donors (Lipinski definition) is 1. The molecule has 1 fully saturated rings. The zero-order valence-electron chi connectivity index (χ0n) is 20.2. The molecule has 0 bridgehead atoms. The number of hydrogen-bond acceptors (Lipinski definition) is 5. The van der Waals surface area contributed by atoms with Crippen molar-refractivity contribution in [2.45, 2.75) is 26.8 Å². The lowest BCUT2D eigenvalue weighted by Gasteiger charge is -2.33. The minimum absolute atomic E-state index is 0.00975. The van der Waals surface area contributed by atoms with Gasteiger partial charge in [0.25, 0.3) is 0 Å². The van der Waals surface area contributed by atoms with Crippen molar-refractivity contribution in [2.24, 2.45) is 0 Å². The van der Waals surface area contributed by atoms with Crippen LogP contribution in [0.1, 0.15) is 28.9 Å². The minimum atomic E-state index is -0.0266. The summed E-state index contributed by atoms with van der Waals surface area (Å²) in [4.78, 5) is 28.7. The Bertz CT molecular complexity index is 1010. The Morgan fingerprint density at radius 3 is 2.62 bits per heavy atom. The number of piperazine rings is 1. The fourth-order valence-corrected chi connectivity index (χ4v) is 4.18. The van der Waals surface area contributed by atoms with Crippen molar-refractivity contribution >= 4 is 29.5 Å². The Morgan fingerprint density at radius 1 is 1.18 bits per heavy atom. The van der Waals surface area contributed by atoms with Gasteiger partial charge in [-0.2, -0.15) is 5.10 Å². The molecule has 0 aliphatic carbocycles. The van der Waals surface area contributed by atoms with Gasteiger partial charge in [-0.05, 0) is 38.0 Å². The summed E-state index contributed by atoms with van der Waals surface area (Å²) in [5, 5.41) is 8.25. The summed E-state index contributed by atoms with van der Waals surface area (Å²) in [6, 6.07) is 7.73. The van der Waals surface area contributed by atoms with Gasteiger partial charge in [0.15, 0.2) is 0 Å². The lowest BCUT2D eigenvalue weighted by Crippen LogP contribution is -2.50. The smallest absolute Gasteiger partial charge is 0.246 e. The van der Waals surface area contributed by atoms with Crippen LogP contribution in [0.3, 0.4) is 0 Å². The second-order valence-corrected chi connectivity index (χ2v) is 8.87. The molecule has 8 nitrogen and oxygen atoms in total. The highest BCUT2D eigenvalue weighted by molar-refractivity contribution is 6.31. The van der Waals surface area contributed by atoms with Crippen LogP contribution in [0.5, 0.6) is 0 Å². The van der Waals surface area contributed by atoms with E-state index in [1.54, 1.807) is 13.2 Å². The van der Waals surface area contributed by atoms with Gasteiger partial charge in [0.05, 0.1) is 18.8 Å². The van der Waals surface area contributed by atoms with Crippen molar-refractivity contribution < 1.29 is 14.3 Å². The third kappa shape index (κ3) is 7.16. The summed E-state index contributed by atoms with van der Waals surface area (Å²) in [6.07, 6.45) is 4.27. The Hall–Kier alpha value is -2.68. The molecule has 1 N–H and O–H groups in total. The van der Waals surface area contributed by atoms with Gasteiger partial charge in [-0.25, -0.2) is 0 Å². The molecule has 3 rings (SSSR count). The number of halogens is 1. The fourth-order valence-electron chi connectivity index (χ4n) is 3.98. The first-order chi connectivity index (χ1) is 16.4. The molecule has 34 heavy (non-hydrogen) atoms. The topological polar surface area (TPSA) is 79.7 Å². The van der Waals surface area contributed by atoms with Crippen LogP contribution in [0, 0.1) is 13.8 Å². The van der Waals surface area contributed by atoms with E-state index in [-0.39, 0.29) is 11.8 Å². The Balaban J connectivity index is 1.50. The van der Waals surface area contributed by atoms with Crippen LogP contribution in [0.25, 0.3) is 6.08 Å². The van der Waals surface area contributed by atoms with Crippen molar-refractivity contribution in [3.8, 4) is 0 Å². The number of nitrogens with zero attached hydrogens (tertiary/aromatic N) is 4. The molecule has 2 amide bonds. The van der Waals surface area contributed by atoms with E-state index in [4.69, 9.17) is 16.3 Å². The molecule has 1 aromatic heterocycles. The SMILES string of the molecule is COCCCNC(=O)CN1CCN(C(=O)/C=C/c2c(C)nn(Cc3ccccc3Cl)c2C)CC1. The van der Waals surface area contributed by atoms with Crippen LogP contribution in [-0.4, -0.2) is 84.4 Å². The molecule has 1 saturated heterocycles. The van der Waals surface area contributed by atoms with Crippen LogP contribution in [0.4, 0.5) is 0 Å². The lowest BCUT2D eigenvalue weighted by atomic mass is 10.1. The summed E-state index contributed by atoms with van der Waals surface area (Å²) in [5.74, 6) is -0.0168. The summed E-state index contributed by atoms with van der Waals surface area (Å²) >= 11 is 6.30. The second-order valence-electron chi connectivity index (χ2n) is 8.46. The Morgan fingerprint density at radius 2 is 1.91 bits per heavy atom. The van der Waals surface area contributed by atoms with Crippen molar-refractivity contribution in [2.75, 3.05) is 53.0 Å². The molecule has 2 aromatic rings. The maximum atomic E-state index is 12.8. The Labute approximate surface area is 206 Å². The zero-order valence-corrected chi connectivity index (χ0v) is 21.0. The second kappa shape index (κ2) is 12.7. The van der Waals surface area contributed by atoms with Gasteiger partial charge < -0.3 is 15.0 Å². The molecule has 1 aliphatic heterocycles. The number of rotatable bonds is 10. The van der Waals surface area contributed by atoms with Crippen LogP contribution in [0.2, 0.25) is 5.02 Å². The first-order valence-electron chi connectivity index (χ1n) is 11.6. The van der Waals surface area contributed by atoms with Gasteiger partial charge in [0.1, 0.15) is 0 Å². The predicted molar refractivity (Wildman–Crippen MR) is 134 cm³/mol. The van der Waals surface area contributed by atoms with Gasteiger partial charge in [0, 0.05) is 68.8 Å². The van der Waals surface area contributed by atoms with Crippen molar-refractivity contribution in [3.63, 3.8) is 0 Å². The first-order valence-corrected chi connectivity index (χ1v) is 12.0. The molecule has 0 spiro atoms. The van der Waals surface area contributed by atoms with E-state index < -0.39 is 0 Å². The van der Waals surface area contributed by atoms with E-state index in [9.17, 15) is 9.59 Å². The molecule has 184 valence electrons. The van der Waals surface area contributed by atoms with E-state index >= 15 is 0 Å². The molecular formula is C25H34ClN5O3. The number of nitrogens with one attached hydrogen (secondary N) is 1. The van der Waals surface area contributed by atoms with Crippen molar-refractivity contribution in [1.82, 2.24) is 24.9 Å². The predicted octanol–water partition coefficient (Wildman–Crippen LogP) is 2.51. The molecule has 1 aliphatic rings. The first kappa shape index (κ1) is 25.9. The van der Waals surface area contributed by atoms with E-state index in [1.165, 1.54) is 0 Å². The molecule has 0 atom stereocenters. The highest BCUT2D eigenvalue weighted by Gasteiger charge is 2.21. The molecule has 9 heteroatoms. The normalized spacial score (nSPS) is 14.6. The lowest BCUT2D eigenvalue weighted by molar-refractivity contribution is -0.128. The van der Waals surface area contributed by atoms with Crippen LogP contribution < -0.4 is 5.32 Å². The van der Waals surface area contributed by atoms with Gasteiger partial charge >= 0.3 is 0 Å². The maximum Gasteiger partial charge on any atom is 0.246 e. The molecule has 0 radical (unpaired) electrons. The number of carbonyl (C=O) groups excluding carboxylic acids is 2. The number of carbonyl (C=O) groups is 2. The molecule has 2 heterocycles. The molecule has 1 aromatic carbocycles. The average Bonchev–Trinajstić information content (AvgIpc) is 3.09. The quantitative estimate of drug-likeness (QED) is 0.411. The van der Waals surface area contributed by atoms with E-state index in [0.29, 0.717) is 57.4 Å². The molecular weight excluding hydrogens is 454 g/mol. The third-order valence-electron chi connectivity index (χ3n) is 6.01. The number of ether oxygens (including phenoxy) is 1. The standard InChI is InChI=1S/C25H34ClN5O3/c1-19-22(20(2)31(28-19)17-21-7-4-5-8-23(21)26)9-10-25(33)30-14-12-29(13-15-30)18-24(32)27-11-6-16-34-3/h4-5,7-10H,6,11-18H2,1-3H3,(H,27,32)/b10-9+. The fraction of sp³-hybridized carbons (Fsp3) is 0.480. The van der Waals surface area contributed by atoms with E-state index in [2.05, 4.69) is 15.3 Å². The van der Waals surface area contributed by atoms with Crippen LogP contribution >= 0.6 is 11.6 Å². The molecule has 0 saturated carbocycles. The Kier molecular flexibility index (Phi) is 9.68. The number of aryl methyl sites for hydroxylation is 1. The summed E-state index contributed by atoms with van der Waals surface area (Å²) in [7, 11) is 1.65. The van der Waals surface area contributed by atoms with Crippen molar-refractivity contribution in [3.05, 3.63) is 57.9 Å². The highest BCUT2D eigenvalue weighted by atomic mass is 35.5. The minimum Gasteiger partial charge on any atom is -0.385 e. The highest BCUT2D eigenvalue weighted by Crippen LogP contribution is 2.20. The van der Waals surface area contributed by atoms with E-state index in [1.807, 2.05) is 53.8 Å². The largest absolute Gasteiger partial charge is 0.385 e. The summed E-state index contributed by atoms with van der Waals surface area (Å²) in [6.45, 7) is 8.69. The van der Waals surface area contributed by atoms with Crippen molar-refractivity contribution in [1.29, 1.82) is 0 Å².